The highest BCUT2D eigenvalue weighted by Crippen LogP contribution is 2.25. The number of rotatable bonds is 4. The first-order valence-corrected chi connectivity index (χ1v) is 3.74. The third-order valence-corrected chi connectivity index (χ3v) is 1.52. The molecule has 0 aliphatic carbocycles. The number of carboxylic acids is 1. The molecule has 13 heavy (non-hydrogen) atoms. The van der Waals surface area contributed by atoms with Crippen molar-refractivity contribution >= 4 is 11.9 Å². The lowest BCUT2D eigenvalue weighted by molar-refractivity contribution is -0.140. The number of carbonyl (C=O) groups is 2. The summed E-state index contributed by atoms with van der Waals surface area (Å²) in [6, 6.07) is 0. The second-order valence-corrected chi connectivity index (χ2v) is 3.02. The first kappa shape index (κ1) is 9.73. The molecule has 72 valence electrons. The van der Waals surface area contributed by atoms with Gasteiger partial charge < -0.3 is 14.6 Å². The van der Waals surface area contributed by atoms with Crippen LogP contribution in [-0.2, 0) is 19.1 Å². The van der Waals surface area contributed by atoms with Crippen molar-refractivity contribution in [3.8, 4) is 0 Å². The molecule has 0 radical (unpaired) electrons. The Kier molecular flexibility index (Phi) is 2.67. The lowest BCUT2D eigenvalue weighted by atomic mass is 10.2. The second kappa shape index (κ2) is 3.57. The van der Waals surface area contributed by atoms with Crippen LogP contribution < -0.4 is 0 Å². The minimum Gasteiger partial charge on any atom is -0.478 e. The fourth-order valence-electron chi connectivity index (χ4n) is 0.618. The summed E-state index contributed by atoms with van der Waals surface area (Å²) in [5.41, 5.74) is -0.354. The third kappa shape index (κ3) is 3.71. The van der Waals surface area contributed by atoms with Gasteiger partial charge in [0, 0.05) is 12.2 Å². The molecule has 0 aromatic rings. The van der Waals surface area contributed by atoms with E-state index in [1.54, 1.807) is 6.92 Å². The highest BCUT2D eigenvalue weighted by atomic mass is 16.6. The molecular formula is C8H10O5. The van der Waals surface area contributed by atoms with E-state index in [9.17, 15) is 9.59 Å². The predicted molar refractivity (Wildman–Crippen MR) is 42.1 cm³/mol. The standard InChI is InChI=1S/C8H10O5/c1-8(5-13-8)4-12-7(11)3-2-6(9)10/h2-3H,4-5H2,1H3,(H,9,10)/b3-2+. The summed E-state index contributed by atoms with van der Waals surface area (Å²) in [7, 11) is 0. The Morgan fingerprint density at radius 1 is 1.62 bits per heavy atom. The van der Waals surface area contributed by atoms with E-state index < -0.39 is 11.9 Å². The van der Waals surface area contributed by atoms with Crippen molar-refractivity contribution < 1.29 is 24.2 Å². The molecular weight excluding hydrogens is 176 g/mol. The summed E-state index contributed by atoms with van der Waals surface area (Å²) in [5.74, 6) is -1.84. The van der Waals surface area contributed by atoms with Gasteiger partial charge in [-0.15, -0.1) is 0 Å². The van der Waals surface area contributed by atoms with Gasteiger partial charge in [-0.25, -0.2) is 9.59 Å². The molecule has 1 atom stereocenters. The van der Waals surface area contributed by atoms with Gasteiger partial charge in [-0.3, -0.25) is 0 Å². The Hall–Kier alpha value is -1.36. The number of carbonyl (C=O) groups excluding carboxylic acids is 1. The molecule has 0 bridgehead atoms. The van der Waals surface area contributed by atoms with Crippen LogP contribution in [0.15, 0.2) is 12.2 Å². The largest absolute Gasteiger partial charge is 0.478 e. The lowest BCUT2D eigenvalue weighted by Gasteiger charge is -2.03. The van der Waals surface area contributed by atoms with Crippen molar-refractivity contribution in [3.05, 3.63) is 12.2 Å². The second-order valence-electron chi connectivity index (χ2n) is 3.02. The third-order valence-electron chi connectivity index (χ3n) is 1.52. The first-order valence-electron chi connectivity index (χ1n) is 3.74. The molecule has 0 aromatic heterocycles. The minimum absolute atomic E-state index is 0.162. The zero-order valence-corrected chi connectivity index (χ0v) is 7.15. The summed E-state index contributed by atoms with van der Waals surface area (Å²) < 4.78 is 9.66. The summed E-state index contributed by atoms with van der Waals surface area (Å²) in [6.45, 7) is 2.54. The van der Waals surface area contributed by atoms with E-state index in [2.05, 4.69) is 0 Å². The van der Waals surface area contributed by atoms with Crippen molar-refractivity contribution in [2.75, 3.05) is 13.2 Å². The van der Waals surface area contributed by atoms with Gasteiger partial charge in [0.1, 0.15) is 12.2 Å². The molecule has 5 heteroatoms. The van der Waals surface area contributed by atoms with Gasteiger partial charge in [0.2, 0.25) is 0 Å². The number of carboxylic acid groups (broad SMARTS) is 1. The molecule has 0 aromatic carbocycles. The molecule has 0 amide bonds. The number of epoxide rings is 1. The molecule has 1 unspecified atom stereocenters. The summed E-state index contributed by atoms with van der Waals surface area (Å²) in [4.78, 5) is 20.8. The van der Waals surface area contributed by atoms with Crippen molar-refractivity contribution in [2.45, 2.75) is 12.5 Å². The predicted octanol–water partition coefficient (Wildman–Crippen LogP) is -0.0407. The Labute approximate surface area is 74.9 Å². The fraction of sp³-hybridized carbons (Fsp3) is 0.500. The van der Waals surface area contributed by atoms with Gasteiger partial charge in [-0.2, -0.15) is 0 Å². The summed E-state index contributed by atoms with van der Waals surface area (Å²) in [5, 5.41) is 8.18. The van der Waals surface area contributed by atoms with Crippen LogP contribution in [0.4, 0.5) is 0 Å². The van der Waals surface area contributed by atoms with Crippen molar-refractivity contribution in [1.29, 1.82) is 0 Å². The van der Waals surface area contributed by atoms with Crippen molar-refractivity contribution in [2.24, 2.45) is 0 Å². The van der Waals surface area contributed by atoms with E-state index in [1.807, 2.05) is 0 Å². The average Bonchev–Trinajstić information content (AvgIpc) is 2.77. The maximum Gasteiger partial charge on any atom is 0.331 e. The van der Waals surface area contributed by atoms with Crippen LogP contribution in [0.2, 0.25) is 0 Å². The zero-order chi connectivity index (χ0) is 9.90. The topological polar surface area (TPSA) is 76.1 Å². The number of esters is 1. The van der Waals surface area contributed by atoms with Crippen molar-refractivity contribution in [3.63, 3.8) is 0 Å². The molecule has 1 fully saturated rings. The highest BCUT2D eigenvalue weighted by molar-refractivity contribution is 5.90. The molecule has 1 saturated heterocycles. The Morgan fingerprint density at radius 2 is 2.23 bits per heavy atom. The average molecular weight is 186 g/mol. The Bertz CT molecular complexity index is 251. The number of hydrogen-bond acceptors (Lipinski definition) is 4. The highest BCUT2D eigenvalue weighted by Gasteiger charge is 2.40. The normalized spacial score (nSPS) is 25.9. The van der Waals surface area contributed by atoms with Gasteiger partial charge in [0.25, 0.3) is 0 Å². The monoisotopic (exact) mass is 186 g/mol. The summed E-state index contributed by atoms with van der Waals surface area (Å²) >= 11 is 0. The van der Waals surface area contributed by atoms with Gasteiger partial charge in [0.15, 0.2) is 0 Å². The quantitative estimate of drug-likeness (QED) is 0.378. The maximum absolute atomic E-state index is 10.8. The van der Waals surface area contributed by atoms with E-state index in [0.29, 0.717) is 6.61 Å². The molecule has 5 nitrogen and oxygen atoms in total. The molecule has 0 saturated carbocycles. The van der Waals surface area contributed by atoms with E-state index in [-0.39, 0.29) is 12.2 Å². The van der Waals surface area contributed by atoms with Crippen molar-refractivity contribution in [1.82, 2.24) is 0 Å². The number of ether oxygens (including phenoxy) is 2. The van der Waals surface area contributed by atoms with Crippen LogP contribution in [0.3, 0.4) is 0 Å². The van der Waals surface area contributed by atoms with Crippen LogP contribution in [0.25, 0.3) is 0 Å². The van der Waals surface area contributed by atoms with Gasteiger partial charge in [-0.1, -0.05) is 0 Å². The van der Waals surface area contributed by atoms with Gasteiger partial charge >= 0.3 is 11.9 Å². The summed E-state index contributed by atoms with van der Waals surface area (Å²) in [6.07, 6.45) is 1.60. The minimum atomic E-state index is -1.18. The molecule has 0 spiro atoms. The smallest absolute Gasteiger partial charge is 0.331 e. The van der Waals surface area contributed by atoms with E-state index in [4.69, 9.17) is 14.6 Å². The molecule has 1 aliphatic rings. The fourth-order valence-corrected chi connectivity index (χ4v) is 0.618. The van der Waals surface area contributed by atoms with Crippen LogP contribution in [0.1, 0.15) is 6.92 Å². The van der Waals surface area contributed by atoms with Gasteiger partial charge in [0.05, 0.1) is 6.61 Å². The number of hydrogen-bond donors (Lipinski definition) is 1. The van der Waals surface area contributed by atoms with Gasteiger partial charge in [-0.05, 0) is 6.92 Å². The zero-order valence-electron chi connectivity index (χ0n) is 7.15. The van der Waals surface area contributed by atoms with Crippen LogP contribution in [0.5, 0.6) is 0 Å². The van der Waals surface area contributed by atoms with E-state index >= 15 is 0 Å². The van der Waals surface area contributed by atoms with E-state index in [1.165, 1.54) is 0 Å². The lowest BCUT2D eigenvalue weighted by Crippen LogP contribution is -2.17. The Morgan fingerprint density at radius 3 is 2.69 bits per heavy atom. The first-order chi connectivity index (χ1) is 6.02. The molecule has 1 N–H and O–H groups in total. The van der Waals surface area contributed by atoms with Crippen LogP contribution in [0, 0.1) is 0 Å². The number of aliphatic carboxylic acids is 1. The molecule has 1 heterocycles. The SMILES string of the molecule is CC1(COC(=O)/C=C/C(=O)O)CO1. The maximum atomic E-state index is 10.8. The molecule has 1 aliphatic heterocycles. The van der Waals surface area contributed by atoms with E-state index in [0.717, 1.165) is 12.2 Å². The van der Waals surface area contributed by atoms with Crippen LogP contribution >= 0.6 is 0 Å². The Balaban J connectivity index is 2.21. The molecule has 1 rings (SSSR count). The van der Waals surface area contributed by atoms with Crippen LogP contribution in [-0.4, -0.2) is 35.9 Å².